The maximum absolute atomic E-state index is 11.0. The summed E-state index contributed by atoms with van der Waals surface area (Å²) in [7, 11) is 4.28. The largest absolute Gasteiger partial charge is 0.394 e. The molecule has 0 amide bonds. The molecule has 0 aromatic heterocycles. The van der Waals surface area contributed by atoms with Crippen molar-refractivity contribution in [1.29, 1.82) is 0 Å². The summed E-state index contributed by atoms with van der Waals surface area (Å²) >= 11 is 0. The second-order valence-corrected chi connectivity index (χ2v) is 23.5. The van der Waals surface area contributed by atoms with Gasteiger partial charge in [0.05, 0.1) is 191 Å². The van der Waals surface area contributed by atoms with Crippen molar-refractivity contribution >= 4 is 0 Å². The van der Waals surface area contributed by atoms with Gasteiger partial charge in [0.1, 0.15) is 66.6 Å². The second-order valence-electron chi connectivity index (χ2n) is 23.5. The predicted octanol–water partition coefficient (Wildman–Crippen LogP) is -9.25. The van der Waals surface area contributed by atoms with Crippen LogP contribution in [-0.4, -0.2) is 371 Å². The highest BCUT2D eigenvalue weighted by Crippen LogP contribution is 2.41. The van der Waals surface area contributed by atoms with Gasteiger partial charge < -0.3 is 153 Å². The first-order valence-corrected chi connectivity index (χ1v) is 29.0. The van der Waals surface area contributed by atoms with Gasteiger partial charge in [0.2, 0.25) is 0 Å². The second kappa shape index (κ2) is 35.0. The number of methoxy groups -OCH3 is 3. The molecule has 0 aromatic rings. The summed E-state index contributed by atoms with van der Waals surface area (Å²) in [4.78, 5) is 0. The van der Waals surface area contributed by atoms with Gasteiger partial charge in [-0.05, 0) is 20.3 Å². The third-order valence-electron chi connectivity index (χ3n) is 17.8. The fourth-order valence-corrected chi connectivity index (χ4v) is 12.2. The molecule has 31 nitrogen and oxygen atoms in total. The zero-order valence-electron chi connectivity index (χ0n) is 49.3. The number of hydrogen-bond acceptors (Lipinski definition) is 31. The summed E-state index contributed by atoms with van der Waals surface area (Å²) in [6.45, 7) is 0.517. The van der Waals surface area contributed by atoms with Gasteiger partial charge in [-0.1, -0.05) is 6.92 Å². The molecule has 18 N–H and O–H groups in total. The zero-order chi connectivity index (χ0) is 63.1. The summed E-state index contributed by atoms with van der Waals surface area (Å²) < 4.78 is 72.5. The van der Waals surface area contributed by atoms with Gasteiger partial charge in [-0.15, -0.1) is 0 Å². The Morgan fingerprint density at radius 1 is 0.341 bits per heavy atom. The Balaban J connectivity index is 0.000000311. The highest BCUT2D eigenvalue weighted by molar-refractivity contribution is 5.06. The van der Waals surface area contributed by atoms with Crippen molar-refractivity contribution in [2.75, 3.05) is 134 Å². The zero-order valence-corrected chi connectivity index (χ0v) is 49.3. The normalized spacial score (nSPS) is 46.2. The van der Waals surface area contributed by atoms with Crippen molar-refractivity contribution in [1.82, 2.24) is 0 Å². The monoisotopic (exact) mass is 1240 g/mol. The molecule has 6 aliphatic rings. The van der Waals surface area contributed by atoms with E-state index in [9.17, 15) is 91.9 Å². The van der Waals surface area contributed by atoms with E-state index in [1.165, 1.54) is 28.3 Å². The lowest BCUT2D eigenvalue weighted by Crippen LogP contribution is -2.69. The van der Waals surface area contributed by atoms with E-state index in [0.717, 1.165) is 0 Å². The number of hydrogen-bond donors (Lipinski definition) is 18. The summed E-state index contributed by atoms with van der Waals surface area (Å²) in [5, 5.41) is 187. The summed E-state index contributed by atoms with van der Waals surface area (Å²) in [6.07, 6.45) is -24.0. The molecule has 0 bridgehead atoms. The fourth-order valence-electron chi connectivity index (χ4n) is 12.2. The molecule has 0 aromatic carbocycles. The van der Waals surface area contributed by atoms with Crippen LogP contribution in [0.5, 0.6) is 0 Å². The standard InChI is InChI=1S/C28H52O16.C26H48O15/c1-27(13-31)16(26(36)28(2,37)21(44-27)12-39-4)9-41-11-20-25(35)23(33)15(18(6-30)43-20)8-40-10-19-24(34)22(32)14(7-38-3)17(5-29)42-19;1-3-15-24(33)22(31)13(17(5-28)39-15)8-37-11-20-26(35)23(32)14(18(6-29)41-20)9-38-10-19-25(34)21(30)12(7-36-2)16(4-27)40-19/h14-26,29-37H,5-13H2,1-4H3;12-35H,3-11H2,1-2H3/t14-,15-,16+,17?,18+,19+,20+,21+,22-,23?,24?,25?,26-,27?,28?;12-,13-,14-,15+,16+,17+,18?,19+,20+,21?,22?,23-,24?,25?,26?/m11/s1. The summed E-state index contributed by atoms with van der Waals surface area (Å²) in [6, 6.07) is 0. The molecule has 6 rings (SSSR count). The molecule has 31 heteroatoms. The lowest BCUT2D eigenvalue weighted by Gasteiger charge is -2.53. The average molecular weight is 1250 g/mol. The Labute approximate surface area is 494 Å². The van der Waals surface area contributed by atoms with Gasteiger partial charge in [0.25, 0.3) is 0 Å². The van der Waals surface area contributed by atoms with E-state index >= 15 is 0 Å². The highest BCUT2D eigenvalue weighted by Gasteiger charge is 2.58. The minimum absolute atomic E-state index is 0.0190. The molecule has 6 fully saturated rings. The maximum atomic E-state index is 11.0. The molecule has 0 aliphatic carbocycles. The minimum atomic E-state index is -1.72. The number of aliphatic hydroxyl groups is 18. The van der Waals surface area contributed by atoms with Crippen molar-refractivity contribution in [3.63, 3.8) is 0 Å². The van der Waals surface area contributed by atoms with Crippen molar-refractivity contribution < 1.29 is 153 Å². The highest BCUT2D eigenvalue weighted by atomic mass is 16.6. The molecule has 6 saturated heterocycles. The molecule has 85 heavy (non-hydrogen) atoms. The number of aliphatic hydroxyl groups excluding tert-OH is 17. The SMILES string of the molecule is CC[C@@H]1O[C@@H](CO)[C@@H](COC[C@@H]2OC(CO)[C@@H](COC[C@@H]3O[C@@H](CO)[C@@H](COC)C(O)C3O)[C@@H](O)C2O)C(O)C1O.COC[C@@H]1C(CO)O[C@@H](COC[C@H]2C(O)C(O)[C@H](COC[C@H]3[C@@H](O)C(C)(O)[C@H](COC)OC3(C)CO)O[C@H]2CO)C(O)[C@@H]1O. The fraction of sp³-hybridized carbons (Fsp3) is 1.00. The van der Waals surface area contributed by atoms with Crippen molar-refractivity contribution in [3.05, 3.63) is 0 Å². The molecule has 0 radical (unpaired) electrons. The van der Waals surface area contributed by atoms with Crippen molar-refractivity contribution in [2.45, 2.75) is 173 Å². The number of ether oxygens (including phenoxy) is 13. The summed E-state index contributed by atoms with van der Waals surface area (Å²) in [5.74, 6) is -4.66. The molecule has 12 unspecified atom stereocenters. The molecule has 502 valence electrons. The van der Waals surface area contributed by atoms with Gasteiger partial charge in [-0.2, -0.15) is 0 Å². The lowest BCUT2D eigenvalue weighted by atomic mass is 9.73. The smallest absolute Gasteiger partial charge is 0.116 e. The van der Waals surface area contributed by atoms with Gasteiger partial charge in [-0.3, -0.25) is 0 Å². The van der Waals surface area contributed by atoms with Crippen LogP contribution in [0.15, 0.2) is 0 Å². The first kappa shape index (κ1) is 74.5. The molecular weight excluding hydrogens is 1140 g/mol. The first-order valence-electron chi connectivity index (χ1n) is 29.0. The van der Waals surface area contributed by atoms with Gasteiger partial charge in [-0.25, -0.2) is 0 Å². The molecular formula is C54H100O31. The van der Waals surface area contributed by atoms with Crippen LogP contribution >= 0.6 is 0 Å². The predicted molar refractivity (Wildman–Crippen MR) is 286 cm³/mol. The quantitative estimate of drug-likeness (QED) is 0.0331. The van der Waals surface area contributed by atoms with Crippen LogP contribution in [-0.2, 0) is 61.6 Å². The van der Waals surface area contributed by atoms with Crippen molar-refractivity contribution in [3.8, 4) is 0 Å². The minimum Gasteiger partial charge on any atom is -0.394 e. The van der Waals surface area contributed by atoms with Crippen molar-refractivity contribution in [2.24, 2.45) is 35.5 Å². The van der Waals surface area contributed by atoms with Gasteiger partial charge >= 0.3 is 0 Å². The van der Waals surface area contributed by atoms with Crippen LogP contribution < -0.4 is 0 Å². The molecule has 0 saturated carbocycles. The average Bonchev–Trinajstić information content (AvgIpc) is 1.72. The summed E-state index contributed by atoms with van der Waals surface area (Å²) in [5.41, 5.74) is -3.01. The Morgan fingerprint density at radius 3 is 0.882 bits per heavy atom. The molecule has 0 spiro atoms. The molecule has 30 atom stereocenters. The van der Waals surface area contributed by atoms with Gasteiger partial charge in [0, 0.05) is 56.8 Å². The Bertz CT molecular complexity index is 1840. The van der Waals surface area contributed by atoms with Crippen LogP contribution in [0.1, 0.15) is 27.2 Å². The van der Waals surface area contributed by atoms with E-state index in [1.807, 2.05) is 0 Å². The third kappa shape index (κ3) is 17.9. The molecule has 6 aliphatic heterocycles. The lowest BCUT2D eigenvalue weighted by molar-refractivity contribution is -0.303. The molecule has 6 heterocycles. The number of rotatable bonds is 29. The van der Waals surface area contributed by atoms with E-state index in [0.29, 0.717) is 6.42 Å². The third-order valence-corrected chi connectivity index (χ3v) is 17.8. The Kier molecular flexibility index (Phi) is 30.7. The van der Waals surface area contributed by atoms with Crippen LogP contribution in [0.4, 0.5) is 0 Å². The Hall–Kier alpha value is -1.24. The van der Waals surface area contributed by atoms with E-state index in [2.05, 4.69) is 0 Å². The van der Waals surface area contributed by atoms with E-state index in [-0.39, 0.29) is 79.3 Å². The van der Waals surface area contributed by atoms with Crippen LogP contribution in [0.2, 0.25) is 0 Å². The van der Waals surface area contributed by atoms with E-state index in [1.54, 1.807) is 13.8 Å². The van der Waals surface area contributed by atoms with E-state index < -0.39 is 214 Å². The maximum Gasteiger partial charge on any atom is 0.116 e. The van der Waals surface area contributed by atoms with Crippen LogP contribution in [0, 0.1) is 35.5 Å². The topological polar surface area (TPSA) is 484 Å². The van der Waals surface area contributed by atoms with Crippen LogP contribution in [0.25, 0.3) is 0 Å². The Morgan fingerprint density at radius 2 is 0.612 bits per heavy atom. The van der Waals surface area contributed by atoms with E-state index in [4.69, 9.17) is 61.6 Å². The van der Waals surface area contributed by atoms with Gasteiger partial charge in [0.15, 0.2) is 0 Å². The van der Waals surface area contributed by atoms with Crippen LogP contribution in [0.3, 0.4) is 0 Å². The first-order chi connectivity index (χ1) is 40.4.